The van der Waals surface area contributed by atoms with E-state index in [1.54, 1.807) is 6.21 Å². The third-order valence-electron chi connectivity index (χ3n) is 3.34. The van der Waals surface area contributed by atoms with Crippen molar-refractivity contribution in [1.82, 2.24) is 5.43 Å². The van der Waals surface area contributed by atoms with Crippen molar-refractivity contribution in [2.45, 2.75) is 26.7 Å². The topological polar surface area (TPSA) is 70.6 Å². The Hall–Kier alpha value is -1.99. The van der Waals surface area contributed by atoms with Gasteiger partial charge >= 0.3 is 0 Å². The van der Waals surface area contributed by atoms with Crippen molar-refractivity contribution in [2.24, 2.45) is 5.10 Å². The Labute approximate surface area is 153 Å². The number of nitrogens with one attached hydrogen (secondary N) is 2. The number of amides is 2. The van der Waals surface area contributed by atoms with Gasteiger partial charge in [0.05, 0.1) is 10.0 Å². The summed E-state index contributed by atoms with van der Waals surface area (Å²) in [6.07, 6.45) is 1.77. The molecule has 0 spiro atoms. The fraction of sp³-hybridized carbons (Fsp3) is 0.235. The largest absolute Gasteiger partial charge is 0.326 e. The zero-order valence-corrected chi connectivity index (χ0v) is 15.8. The molecule has 0 saturated carbocycles. The van der Waals surface area contributed by atoms with Crippen LogP contribution in [-0.2, 0) is 9.59 Å². The second-order valence-corrected chi connectivity index (χ2v) is 7.78. The third kappa shape index (κ3) is 5.90. The first-order valence-corrected chi connectivity index (χ1v) is 8.99. The van der Waals surface area contributed by atoms with E-state index in [0.717, 1.165) is 19.9 Å². The van der Waals surface area contributed by atoms with Gasteiger partial charge in [-0.05, 0) is 65.2 Å². The molecule has 2 aromatic rings. The molecule has 2 amide bonds. The maximum absolute atomic E-state index is 11.9. The molecule has 7 heteroatoms. The molecule has 2 N–H and O–H groups in total. The van der Waals surface area contributed by atoms with Crippen LogP contribution in [0.3, 0.4) is 0 Å². The highest BCUT2D eigenvalue weighted by atomic mass is 79.9. The first kappa shape index (κ1) is 18.4. The maximum atomic E-state index is 11.9. The van der Waals surface area contributed by atoms with Crippen LogP contribution in [0.15, 0.2) is 39.2 Å². The van der Waals surface area contributed by atoms with E-state index in [-0.39, 0.29) is 24.7 Å². The monoisotopic (exact) mass is 407 g/mol. The number of hydrazone groups is 1. The Balaban J connectivity index is 1.73. The maximum Gasteiger partial charge on any atom is 0.240 e. The van der Waals surface area contributed by atoms with E-state index in [1.165, 1.54) is 16.9 Å². The van der Waals surface area contributed by atoms with Crippen molar-refractivity contribution >= 4 is 51.0 Å². The Morgan fingerprint density at radius 1 is 1.12 bits per heavy atom. The molecule has 2 rings (SSSR count). The molecule has 24 heavy (non-hydrogen) atoms. The van der Waals surface area contributed by atoms with Crippen molar-refractivity contribution in [2.75, 3.05) is 5.32 Å². The van der Waals surface area contributed by atoms with Gasteiger partial charge in [0.1, 0.15) is 0 Å². The highest BCUT2D eigenvalue weighted by Crippen LogP contribution is 2.20. The SMILES string of the molecule is Cc1ccc(NC(=O)CCC(=O)N/N=C/c2ccc(Br)s2)cc1C. The number of benzene rings is 1. The van der Waals surface area contributed by atoms with E-state index >= 15 is 0 Å². The summed E-state index contributed by atoms with van der Waals surface area (Å²) in [7, 11) is 0. The average molecular weight is 408 g/mol. The Kier molecular flexibility index (Phi) is 6.69. The second-order valence-electron chi connectivity index (χ2n) is 5.28. The van der Waals surface area contributed by atoms with Gasteiger partial charge in [-0.25, -0.2) is 5.43 Å². The van der Waals surface area contributed by atoms with Gasteiger partial charge in [-0.2, -0.15) is 5.10 Å². The number of hydrogen-bond acceptors (Lipinski definition) is 4. The van der Waals surface area contributed by atoms with Crippen LogP contribution in [0.1, 0.15) is 28.8 Å². The zero-order valence-electron chi connectivity index (χ0n) is 13.4. The van der Waals surface area contributed by atoms with Gasteiger partial charge in [0.2, 0.25) is 11.8 Å². The van der Waals surface area contributed by atoms with Gasteiger partial charge in [0, 0.05) is 23.4 Å². The van der Waals surface area contributed by atoms with Gasteiger partial charge in [-0.15, -0.1) is 11.3 Å². The Morgan fingerprint density at radius 3 is 2.54 bits per heavy atom. The van der Waals surface area contributed by atoms with Crippen LogP contribution >= 0.6 is 27.3 Å². The molecule has 1 heterocycles. The molecule has 0 radical (unpaired) electrons. The Morgan fingerprint density at radius 2 is 1.88 bits per heavy atom. The highest BCUT2D eigenvalue weighted by Gasteiger charge is 2.07. The number of nitrogens with zero attached hydrogens (tertiary/aromatic N) is 1. The number of carbonyl (C=O) groups is 2. The van der Waals surface area contributed by atoms with Gasteiger partial charge < -0.3 is 5.32 Å². The minimum atomic E-state index is -0.294. The summed E-state index contributed by atoms with van der Waals surface area (Å²) in [5, 5.41) is 6.66. The predicted molar refractivity (Wildman–Crippen MR) is 102 cm³/mol. The number of rotatable bonds is 6. The van der Waals surface area contributed by atoms with Crippen molar-refractivity contribution in [3.05, 3.63) is 50.1 Å². The summed E-state index contributed by atoms with van der Waals surface area (Å²) in [6, 6.07) is 9.52. The number of halogens is 1. The summed E-state index contributed by atoms with van der Waals surface area (Å²) in [4.78, 5) is 24.5. The molecule has 0 aliphatic rings. The standard InChI is InChI=1S/C17H18BrN3O2S/c1-11-3-4-13(9-12(11)2)20-16(22)7-8-17(23)21-19-10-14-5-6-15(18)24-14/h3-6,9-10H,7-8H2,1-2H3,(H,20,22)(H,21,23)/b19-10+. The molecular formula is C17H18BrN3O2S. The van der Waals surface area contributed by atoms with Gasteiger partial charge in [-0.1, -0.05) is 6.07 Å². The van der Waals surface area contributed by atoms with Crippen molar-refractivity contribution < 1.29 is 9.59 Å². The van der Waals surface area contributed by atoms with Crippen LogP contribution in [0, 0.1) is 13.8 Å². The van der Waals surface area contributed by atoms with E-state index in [0.29, 0.717) is 0 Å². The van der Waals surface area contributed by atoms with E-state index in [9.17, 15) is 9.59 Å². The smallest absolute Gasteiger partial charge is 0.240 e. The fourth-order valence-electron chi connectivity index (χ4n) is 1.89. The summed E-state index contributed by atoms with van der Waals surface area (Å²) >= 11 is 4.87. The lowest BCUT2D eigenvalue weighted by Gasteiger charge is -2.07. The lowest BCUT2D eigenvalue weighted by molar-refractivity contribution is -0.124. The number of thiophene rings is 1. The highest BCUT2D eigenvalue weighted by molar-refractivity contribution is 9.11. The van der Waals surface area contributed by atoms with Gasteiger partial charge in [-0.3, -0.25) is 9.59 Å². The van der Waals surface area contributed by atoms with Crippen LogP contribution in [0.4, 0.5) is 5.69 Å². The summed E-state index contributed by atoms with van der Waals surface area (Å²) in [5.41, 5.74) is 5.44. The normalized spacial score (nSPS) is 10.8. The molecule has 0 saturated heterocycles. The van der Waals surface area contributed by atoms with Crippen LogP contribution in [0.5, 0.6) is 0 Å². The van der Waals surface area contributed by atoms with Crippen molar-refractivity contribution in [1.29, 1.82) is 0 Å². The van der Waals surface area contributed by atoms with Crippen LogP contribution in [-0.4, -0.2) is 18.0 Å². The average Bonchev–Trinajstić information content (AvgIpc) is 2.94. The van der Waals surface area contributed by atoms with E-state index < -0.39 is 0 Å². The van der Waals surface area contributed by atoms with E-state index in [4.69, 9.17) is 0 Å². The number of anilines is 1. The first-order valence-electron chi connectivity index (χ1n) is 7.38. The van der Waals surface area contributed by atoms with Gasteiger partial charge in [0.25, 0.3) is 0 Å². The molecule has 0 unspecified atom stereocenters. The molecule has 1 aromatic carbocycles. The van der Waals surface area contributed by atoms with E-state index in [2.05, 4.69) is 31.8 Å². The van der Waals surface area contributed by atoms with Gasteiger partial charge in [0.15, 0.2) is 0 Å². The quantitative estimate of drug-likeness (QED) is 0.561. The minimum absolute atomic E-state index is 0.0855. The van der Waals surface area contributed by atoms with Crippen LogP contribution in [0.25, 0.3) is 0 Å². The number of aryl methyl sites for hydroxylation is 2. The molecule has 0 bridgehead atoms. The third-order valence-corrected chi connectivity index (χ3v) is 4.90. The number of hydrogen-bond donors (Lipinski definition) is 2. The summed E-state index contributed by atoms with van der Waals surface area (Å²) < 4.78 is 0.998. The fourth-order valence-corrected chi connectivity index (χ4v) is 3.19. The minimum Gasteiger partial charge on any atom is -0.326 e. The number of carbonyl (C=O) groups excluding carboxylic acids is 2. The Bertz CT molecular complexity index is 771. The van der Waals surface area contributed by atoms with E-state index in [1.807, 2.05) is 44.2 Å². The summed E-state index contributed by atoms with van der Waals surface area (Å²) in [6.45, 7) is 4.00. The molecule has 0 aliphatic heterocycles. The molecule has 126 valence electrons. The molecular weight excluding hydrogens is 390 g/mol. The molecule has 5 nitrogen and oxygen atoms in total. The van der Waals surface area contributed by atoms with Crippen molar-refractivity contribution in [3.8, 4) is 0 Å². The molecule has 0 fully saturated rings. The molecule has 1 aromatic heterocycles. The lowest BCUT2D eigenvalue weighted by Crippen LogP contribution is -2.20. The van der Waals surface area contributed by atoms with Crippen LogP contribution < -0.4 is 10.7 Å². The lowest BCUT2D eigenvalue weighted by atomic mass is 10.1. The first-order chi connectivity index (χ1) is 11.4. The predicted octanol–water partition coefficient (Wildman–Crippen LogP) is 4.00. The van der Waals surface area contributed by atoms with Crippen LogP contribution in [0.2, 0.25) is 0 Å². The second kappa shape index (κ2) is 8.75. The molecule has 0 atom stereocenters. The summed E-state index contributed by atoms with van der Waals surface area (Å²) in [5.74, 6) is -0.489. The molecule has 0 aliphatic carbocycles. The van der Waals surface area contributed by atoms with Crippen molar-refractivity contribution in [3.63, 3.8) is 0 Å². The zero-order chi connectivity index (χ0) is 17.5.